The second kappa shape index (κ2) is 10.9. The van der Waals surface area contributed by atoms with Gasteiger partial charge >= 0.3 is 0 Å². The van der Waals surface area contributed by atoms with Crippen LogP contribution in [-0.2, 0) is 0 Å². The standard InChI is InChI=1S/C25H31N5O3/c1-3-32-22-8-6-7-21(23(22)31)28-24-18(2)17-26-25(29-24)27-19-9-11-20(12-10-19)33-16-15-30-13-4-5-14-30/h6-12,17,31H,3-5,13-16H2,1-2H3,(H2,26,27,28,29). The Balaban J connectivity index is 1.38. The Labute approximate surface area is 194 Å². The van der Waals surface area contributed by atoms with Gasteiger partial charge in [0.05, 0.1) is 12.3 Å². The summed E-state index contributed by atoms with van der Waals surface area (Å²) >= 11 is 0. The molecule has 1 aliphatic heterocycles. The van der Waals surface area contributed by atoms with Gasteiger partial charge in [-0.2, -0.15) is 4.98 Å². The Hall–Kier alpha value is -3.52. The van der Waals surface area contributed by atoms with E-state index in [1.54, 1.807) is 18.3 Å². The van der Waals surface area contributed by atoms with Crippen LogP contribution < -0.4 is 20.1 Å². The molecular weight excluding hydrogens is 418 g/mol. The first kappa shape index (κ1) is 22.7. The molecule has 0 spiro atoms. The predicted octanol–water partition coefficient (Wildman–Crippen LogP) is 4.85. The number of aromatic nitrogens is 2. The van der Waals surface area contributed by atoms with Crippen molar-refractivity contribution in [3.8, 4) is 17.2 Å². The van der Waals surface area contributed by atoms with Gasteiger partial charge in [-0.3, -0.25) is 4.90 Å². The van der Waals surface area contributed by atoms with Crippen molar-refractivity contribution in [1.29, 1.82) is 0 Å². The number of para-hydroxylation sites is 1. The lowest BCUT2D eigenvalue weighted by Gasteiger charge is -2.15. The van der Waals surface area contributed by atoms with Crippen molar-refractivity contribution in [3.63, 3.8) is 0 Å². The lowest BCUT2D eigenvalue weighted by molar-refractivity contribution is 0.238. The highest BCUT2D eigenvalue weighted by Gasteiger charge is 2.12. The van der Waals surface area contributed by atoms with Gasteiger partial charge in [-0.25, -0.2) is 4.98 Å². The quantitative estimate of drug-likeness (QED) is 0.378. The molecule has 0 amide bonds. The summed E-state index contributed by atoms with van der Waals surface area (Å²) in [6.45, 7) is 8.27. The van der Waals surface area contributed by atoms with E-state index in [2.05, 4.69) is 25.5 Å². The molecule has 0 atom stereocenters. The molecule has 1 aliphatic rings. The first-order valence-corrected chi connectivity index (χ1v) is 11.4. The Morgan fingerprint density at radius 2 is 1.82 bits per heavy atom. The lowest BCUT2D eigenvalue weighted by atomic mass is 10.2. The fraction of sp³-hybridized carbons (Fsp3) is 0.360. The number of nitrogens with zero attached hydrogens (tertiary/aromatic N) is 3. The van der Waals surface area contributed by atoms with Crippen molar-refractivity contribution < 1.29 is 14.6 Å². The first-order chi connectivity index (χ1) is 16.1. The summed E-state index contributed by atoms with van der Waals surface area (Å²) in [5, 5.41) is 16.9. The molecule has 8 heteroatoms. The first-order valence-electron chi connectivity index (χ1n) is 11.4. The largest absolute Gasteiger partial charge is 0.503 e. The Kier molecular flexibility index (Phi) is 7.47. The van der Waals surface area contributed by atoms with Gasteiger partial charge in [-0.15, -0.1) is 0 Å². The molecule has 174 valence electrons. The number of nitrogens with one attached hydrogen (secondary N) is 2. The number of rotatable bonds is 10. The van der Waals surface area contributed by atoms with Crippen LogP contribution in [-0.4, -0.2) is 52.8 Å². The van der Waals surface area contributed by atoms with Gasteiger partial charge < -0.3 is 25.2 Å². The molecule has 3 aromatic rings. The minimum absolute atomic E-state index is 0.0483. The number of hydrogen-bond donors (Lipinski definition) is 3. The second-order valence-electron chi connectivity index (χ2n) is 7.98. The molecule has 8 nitrogen and oxygen atoms in total. The molecule has 1 fully saturated rings. The van der Waals surface area contributed by atoms with E-state index in [1.807, 2.05) is 44.2 Å². The van der Waals surface area contributed by atoms with Crippen LogP contribution in [0.2, 0.25) is 0 Å². The van der Waals surface area contributed by atoms with Gasteiger partial charge in [0.15, 0.2) is 11.5 Å². The number of aryl methyl sites for hydroxylation is 1. The van der Waals surface area contributed by atoms with Crippen LogP contribution in [0.5, 0.6) is 17.2 Å². The minimum Gasteiger partial charge on any atom is -0.503 e. The SMILES string of the molecule is CCOc1cccc(Nc2nc(Nc3ccc(OCCN4CCCC4)cc3)ncc2C)c1O. The van der Waals surface area contributed by atoms with Crippen LogP contribution in [0.25, 0.3) is 0 Å². The molecule has 1 aromatic heterocycles. The van der Waals surface area contributed by atoms with Crippen molar-refractivity contribution in [3.05, 3.63) is 54.2 Å². The van der Waals surface area contributed by atoms with Crippen molar-refractivity contribution in [2.45, 2.75) is 26.7 Å². The third-order valence-corrected chi connectivity index (χ3v) is 5.51. The van der Waals surface area contributed by atoms with Crippen molar-refractivity contribution in [2.75, 3.05) is 43.5 Å². The number of ether oxygens (including phenoxy) is 2. The zero-order chi connectivity index (χ0) is 23.0. The second-order valence-corrected chi connectivity index (χ2v) is 7.98. The minimum atomic E-state index is 0.0483. The average molecular weight is 450 g/mol. The third kappa shape index (κ3) is 6.04. The molecule has 33 heavy (non-hydrogen) atoms. The van der Waals surface area contributed by atoms with E-state index >= 15 is 0 Å². The highest BCUT2D eigenvalue weighted by molar-refractivity contribution is 5.70. The molecule has 0 bridgehead atoms. The summed E-state index contributed by atoms with van der Waals surface area (Å²) in [6, 6.07) is 13.1. The maximum Gasteiger partial charge on any atom is 0.229 e. The highest BCUT2D eigenvalue weighted by Crippen LogP contribution is 2.36. The molecule has 0 unspecified atom stereocenters. The number of phenols is 1. The summed E-state index contributed by atoms with van der Waals surface area (Å²) in [7, 11) is 0. The fourth-order valence-corrected chi connectivity index (χ4v) is 3.71. The van der Waals surface area contributed by atoms with Gasteiger partial charge in [-0.05, 0) is 76.2 Å². The number of aromatic hydroxyl groups is 1. The summed E-state index contributed by atoms with van der Waals surface area (Å²) in [4.78, 5) is 11.4. The van der Waals surface area contributed by atoms with Crippen LogP contribution in [0, 0.1) is 6.92 Å². The van der Waals surface area contributed by atoms with E-state index < -0.39 is 0 Å². The number of benzene rings is 2. The van der Waals surface area contributed by atoms with Gasteiger partial charge in [-0.1, -0.05) is 6.07 Å². The number of anilines is 4. The smallest absolute Gasteiger partial charge is 0.229 e. The number of likely N-dealkylation sites (tertiary alicyclic amines) is 1. The molecule has 4 rings (SSSR count). The third-order valence-electron chi connectivity index (χ3n) is 5.51. The monoisotopic (exact) mass is 449 g/mol. The number of hydrogen-bond acceptors (Lipinski definition) is 8. The highest BCUT2D eigenvalue weighted by atomic mass is 16.5. The normalized spacial score (nSPS) is 13.6. The number of phenolic OH excluding ortho intramolecular Hbond substituents is 1. The van der Waals surface area contributed by atoms with E-state index in [0.29, 0.717) is 36.4 Å². The Bertz CT molecular complexity index is 1050. The molecule has 2 heterocycles. The van der Waals surface area contributed by atoms with Crippen LogP contribution in [0.15, 0.2) is 48.7 Å². The molecule has 0 radical (unpaired) electrons. The fourth-order valence-electron chi connectivity index (χ4n) is 3.71. The maximum atomic E-state index is 10.5. The Morgan fingerprint density at radius 1 is 1.03 bits per heavy atom. The van der Waals surface area contributed by atoms with Crippen molar-refractivity contribution >= 4 is 23.1 Å². The van der Waals surface area contributed by atoms with E-state index in [-0.39, 0.29) is 5.75 Å². The molecular formula is C25H31N5O3. The average Bonchev–Trinajstić information content (AvgIpc) is 3.33. The molecule has 3 N–H and O–H groups in total. The van der Waals surface area contributed by atoms with E-state index in [4.69, 9.17) is 9.47 Å². The van der Waals surface area contributed by atoms with Crippen molar-refractivity contribution in [2.24, 2.45) is 0 Å². The summed E-state index contributed by atoms with van der Waals surface area (Å²) in [6.07, 6.45) is 4.32. The van der Waals surface area contributed by atoms with Crippen LogP contribution >= 0.6 is 0 Å². The van der Waals surface area contributed by atoms with E-state index in [9.17, 15) is 5.11 Å². The van der Waals surface area contributed by atoms with Gasteiger partial charge in [0, 0.05) is 24.0 Å². The van der Waals surface area contributed by atoms with Crippen LogP contribution in [0.3, 0.4) is 0 Å². The van der Waals surface area contributed by atoms with Gasteiger partial charge in [0.1, 0.15) is 18.2 Å². The van der Waals surface area contributed by atoms with Crippen LogP contribution in [0.1, 0.15) is 25.3 Å². The van der Waals surface area contributed by atoms with E-state index in [0.717, 1.165) is 23.5 Å². The zero-order valence-electron chi connectivity index (χ0n) is 19.2. The van der Waals surface area contributed by atoms with Crippen LogP contribution in [0.4, 0.5) is 23.1 Å². The lowest BCUT2D eigenvalue weighted by Crippen LogP contribution is -2.25. The van der Waals surface area contributed by atoms with Gasteiger partial charge in [0.2, 0.25) is 5.95 Å². The van der Waals surface area contributed by atoms with E-state index in [1.165, 1.54) is 25.9 Å². The summed E-state index contributed by atoms with van der Waals surface area (Å²) in [5.74, 6) is 2.36. The molecule has 0 saturated carbocycles. The predicted molar refractivity (Wildman–Crippen MR) is 130 cm³/mol. The summed E-state index contributed by atoms with van der Waals surface area (Å²) < 4.78 is 11.3. The topological polar surface area (TPSA) is 91.8 Å². The van der Waals surface area contributed by atoms with Gasteiger partial charge in [0.25, 0.3) is 0 Å². The zero-order valence-corrected chi connectivity index (χ0v) is 19.2. The molecule has 0 aliphatic carbocycles. The van der Waals surface area contributed by atoms with Crippen molar-refractivity contribution in [1.82, 2.24) is 14.9 Å². The Morgan fingerprint density at radius 3 is 2.58 bits per heavy atom. The maximum absolute atomic E-state index is 10.5. The molecule has 2 aromatic carbocycles. The molecule has 1 saturated heterocycles. The summed E-state index contributed by atoms with van der Waals surface area (Å²) in [5.41, 5.74) is 2.23.